The van der Waals surface area contributed by atoms with Gasteiger partial charge in [0.05, 0.1) is 44.1 Å². The number of hydrogen-bond donors (Lipinski definition) is 0. The van der Waals surface area contributed by atoms with Gasteiger partial charge in [-0.1, -0.05) is 317 Å². The van der Waals surface area contributed by atoms with Crippen LogP contribution >= 0.6 is 0 Å². The van der Waals surface area contributed by atoms with Gasteiger partial charge >= 0.3 is 0 Å². The number of para-hydroxylation sites is 9. The van der Waals surface area contributed by atoms with Crippen LogP contribution in [0.1, 0.15) is 25.0 Å². The second-order valence-corrected chi connectivity index (χ2v) is 35.4. The Morgan fingerprint density at radius 1 is 0.156 bits per heavy atom. The van der Waals surface area contributed by atoms with Gasteiger partial charge in [0.2, 0.25) is 0 Å². The van der Waals surface area contributed by atoms with Crippen LogP contribution in [0.3, 0.4) is 0 Å². The Kier molecular flexibility index (Phi) is 22.2. The third-order valence-corrected chi connectivity index (χ3v) is 27.2. The fraction of sp³-hybridized carbons (Fsp3) is 0.0551. The Morgan fingerprint density at radius 3 is 0.800 bits per heavy atom. The van der Waals surface area contributed by atoms with Crippen molar-refractivity contribution in [2.45, 2.75) is 19.3 Å². The lowest BCUT2D eigenvalue weighted by Crippen LogP contribution is -2.15. The first-order valence-corrected chi connectivity index (χ1v) is 46.4. The molecule has 135 heavy (non-hydrogen) atoms. The summed E-state index contributed by atoms with van der Waals surface area (Å²) in [4.78, 5) is 8.95. The average molecular weight is 1740 g/mol. The number of benzene rings is 20. The molecule has 0 bridgehead atoms. The summed E-state index contributed by atoms with van der Waals surface area (Å²) in [7, 11) is 8.50. The molecule has 0 spiro atoms. The molecule has 0 amide bonds. The van der Waals surface area contributed by atoms with Crippen LogP contribution < -0.4 is 19.6 Å². The predicted octanol–water partition coefficient (Wildman–Crippen LogP) is 33.5. The van der Waals surface area contributed by atoms with Gasteiger partial charge in [-0.2, -0.15) is 0 Å². The summed E-state index contributed by atoms with van der Waals surface area (Å²) in [5.74, 6) is 0. The third-order valence-electron chi connectivity index (χ3n) is 27.2. The predicted molar refractivity (Wildman–Crippen MR) is 575 cm³/mol. The number of nitrogens with zero attached hydrogens (tertiary/aromatic N) is 8. The molecule has 0 saturated heterocycles. The van der Waals surface area contributed by atoms with Crippen molar-refractivity contribution >= 4 is 133 Å². The van der Waals surface area contributed by atoms with Gasteiger partial charge in [0, 0.05) is 145 Å². The van der Waals surface area contributed by atoms with Crippen molar-refractivity contribution in [3.63, 3.8) is 0 Å². The van der Waals surface area contributed by atoms with Crippen LogP contribution in [0.2, 0.25) is 0 Å². The van der Waals surface area contributed by atoms with Crippen LogP contribution in [0.25, 0.3) is 154 Å². The summed E-state index contributed by atoms with van der Waals surface area (Å²) < 4.78 is 9.57. The maximum atomic E-state index is 2.43. The third kappa shape index (κ3) is 15.7. The van der Waals surface area contributed by atoms with Gasteiger partial charge in [0.25, 0.3) is 0 Å². The topological polar surface area (TPSA) is 32.7 Å². The van der Waals surface area contributed by atoms with E-state index in [-0.39, 0.29) is 5.41 Å². The molecule has 1 aliphatic rings. The van der Waals surface area contributed by atoms with Gasteiger partial charge in [-0.15, -0.1) is 0 Å². The van der Waals surface area contributed by atoms with Crippen LogP contribution in [-0.4, -0.2) is 46.5 Å². The molecule has 8 heteroatoms. The van der Waals surface area contributed by atoms with E-state index in [9.17, 15) is 0 Å². The van der Waals surface area contributed by atoms with E-state index in [1.807, 2.05) is 6.07 Å². The second kappa shape index (κ2) is 35.9. The van der Waals surface area contributed by atoms with Crippen LogP contribution in [0.15, 0.2) is 497 Å². The summed E-state index contributed by atoms with van der Waals surface area (Å²) in [6.45, 7) is 4.69. The second-order valence-electron chi connectivity index (χ2n) is 35.4. The minimum Gasteiger partial charge on any atom is -0.345 e. The van der Waals surface area contributed by atoms with Gasteiger partial charge in [-0.3, -0.25) is 0 Å². The maximum absolute atomic E-state index is 2.43. The maximum Gasteiger partial charge on any atom is 0.0542 e. The lowest BCUT2D eigenvalue weighted by Gasteiger charge is -2.22. The normalized spacial score (nSPS) is 11.8. The number of hydrogen-bond acceptors (Lipinski definition) is 4. The number of anilines is 8. The van der Waals surface area contributed by atoms with Crippen molar-refractivity contribution in [3.8, 4) is 67.3 Å². The first-order valence-electron chi connectivity index (χ1n) is 46.4. The Hall–Kier alpha value is -17.2. The molecule has 20 aromatic carbocycles. The zero-order chi connectivity index (χ0) is 91.0. The highest BCUT2D eigenvalue weighted by Crippen LogP contribution is 2.51. The van der Waals surface area contributed by atoms with Crippen molar-refractivity contribution < 1.29 is 0 Å². The molecule has 0 saturated carbocycles. The quantitative estimate of drug-likeness (QED) is 0.102. The molecule has 4 aromatic heterocycles. The van der Waals surface area contributed by atoms with E-state index >= 15 is 0 Å². The molecule has 0 radical (unpaired) electrons. The lowest BCUT2D eigenvalue weighted by atomic mass is 9.82. The van der Waals surface area contributed by atoms with E-state index in [1.54, 1.807) is 0 Å². The molecule has 0 aliphatic heterocycles. The minimum absolute atomic E-state index is 0.0216. The molecule has 4 heterocycles. The van der Waals surface area contributed by atoms with Crippen molar-refractivity contribution in [2.24, 2.45) is 0 Å². The zero-order valence-electron chi connectivity index (χ0n) is 76.4. The molecular formula is C127H100N8. The number of rotatable bonds is 15. The molecule has 1 aliphatic carbocycles. The summed E-state index contributed by atoms with van der Waals surface area (Å²) >= 11 is 0. The van der Waals surface area contributed by atoms with E-state index < -0.39 is 0 Å². The number of aromatic nitrogens is 4. The highest BCUT2D eigenvalue weighted by atomic mass is 15.1. The molecule has 0 N–H and O–H groups in total. The molecular weight excluding hydrogens is 1640 g/mol. The van der Waals surface area contributed by atoms with Crippen LogP contribution in [0.4, 0.5) is 45.5 Å². The molecule has 648 valence electrons. The first-order chi connectivity index (χ1) is 66.4. The highest BCUT2D eigenvalue weighted by molar-refractivity contribution is 6.14. The van der Waals surface area contributed by atoms with Crippen molar-refractivity contribution in [1.82, 2.24) is 18.3 Å². The van der Waals surface area contributed by atoms with E-state index in [0.717, 1.165) is 5.69 Å². The minimum atomic E-state index is -0.0216. The average Bonchev–Trinajstić information content (AvgIpc) is 1.57. The largest absolute Gasteiger partial charge is 0.345 e. The van der Waals surface area contributed by atoms with E-state index in [2.05, 4.69) is 571 Å². The van der Waals surface area contributed by atoms with Gasteiger partial charge < -0.3 is 37.9 Å². The Balaban J connectivity index is 0.000000105. The molecule has 8 nitrogen and oxygen atoms in total. The molecule has 0 unspecified atom stereocenters. The van der Waals surface area contributed by atoms with E-state index in [0.29, 0.717) is 0 Å². The summed E-state index contributed by atoms with van der Waals surface area (Å²) in [5.41, 5.74) is 36.7. The molecule has 0 fully saturated rings. The Morgan fingerprint density at radius 2 is 0.415 bits per heavy atom. The van der Waals surface area contributed by atoms with Gasteiger partial charge in [0.15, 0.2) is 0 Å². The van der Waals surface area contributed by atoms with Crippen LogP contribution in [-0.2, 0) is 5.41 Å². The van der Waals surface area contributed by atoms with Gasteiger partial charge in [-0.05, 0) is 250 Å². The Bertz CT molecular complexity index is 8340. The monoisotopic (exact) mass is 1740 g/mol. The van der Waals surface area contributed by atoms with Crippen molar-refractivity contribution in [3.05, 3.63) is 509 Å². The van der Waals surface area contributed by atoms with Crippen molar-refractivity contribution in [2.75, 3.05) is 47.8 Å². The fourth-order valence-corrected chi connectivity index (χ4v) is 20.2. The standard InChI is InChI=1S/C37H28N2.C34H28N2.C31H24N2.C25H20N2/c1-38(31-17-9-4-10-18-31)32-21-22-37-35(26-32)34-19-11-12-20-36(34)39(37)33-24-29(27-13-5-2-6-14-27)23-30(25-33)28-15-7-3-8-16-28;1-34(2)30-15-9-7-13-26(30)27-19-17-25(22-31(27)34)36-32-16-10-8-14-28(32)29-21-24(18-20-33(29)36)35(3)23-11-5-4-6-12-23;1-32(25-14-6-3-7-15-25)26-19-20-31-29(22-26)28-17-8-9-18-30(28)33(31)27-16-10-13-24(21-27)23-11-4-2-5-12-23;1-26(19-10-3-2-4-11-19)20-12-9-13-21(18-20)27-24-16-7-5-14-22(24)23-15-6-8-17-25(23)27/h2-26H,1H3;4-22H,1-3H3;2-22H,1H3;2-18H,1H3. The SMILES string of the molecule is CN(c1ccccc1)c1ccc2c(c1)c1ccccc1n2-c1cc(-c2ccccc2)cc(-c2ccccc2)c1.CN(c1ccccc1)c1ccc2c(c1)c1ccccc1n2-c1ccc2c(c1)C(C)(C)c1ccccc1-2.CN(c1ccccc1)c1ccc2c(c1)c1ccccc1n2-c1cccc(-c2ccccc2)c1.CN(c1ccccc1)c1cccc(-n2c3ccccc3c3ccccc32)c1. The molecule has 25 rings (SSSR count). The lowest BCUT2D eigenvalue weighted by molar-refractivity contribution is 0.660. The molecule has 0 atom stereocenters. The smallest absolute Gasteiger partial charge is 0.0542 e. The van der Waals surface area contributed by atoms with Crippen molar-refractivity contribution in [1.29, 1.82) is 0 Å². The summed E-state index contributed by atoms with van der Waals surface area (Å²) in [6.07, 6.45) is 0. The fourth-order valence-electron chi connectivity index (χ4n) is 20.2. The first kappa shape index (κ1) is 83.4. The number of fused-ring (bicyclic) bond motifs is 15. The van der Waals surface area contributed by atoms with E-state index in [1.165, 1.54) is 205 Å². The van der Waals surface area contributed by atoms with E-state index in [4.69, 9.17) is 0 Å². The highest BCUT2D eigenvalue weighted by Gasteiger charge is 2.36. The van der Waals surface area contributed by atoms with Crippen LogP contribution in [0.5, 0.6) is 0 Å². The summed E-state index contributed by atoms with van der Waals surface area (Å²) in [5, 5.41) is 10.1. The summed E-state index contributed by atoms with van der Waals surface area (Å²) in [6, 6.07) is 178. The van der Waals surface area contributed by atoms with Gasteiger partial charge in [-0.25, -0.2) is 0 Å². The van der Waals surface area contributed by atoms with Crippen LogP contribution in [0, 0.1) is 0 Å². The molecule has 24 aromatic rings. The van der Waals surface area contributed by atoms with Gasteiger partial charge in [0.1, 0.15) is 0 Å². The zero-order valence-corrected chi connectivity index (χ0v) is 76.4. The Labute approximate surface area is 788 Å².